The summed E-state index contributed by atoms with van der Waals surface area (Å²) in [6.07, 6.45) is 1.92. The van der Waals surface area contributed by atoms with Crippen LogP contribution in [0.4, 0.5) is 0 Å². The van der Waals surface area contributed by atoms with Crippen LogP contribution in [0.2, 0.25) is 13.1 Å². The third-order valence-corrected chi connectivity index (χ3v) is 7.90. The van der Waals surface area contributed by atoms with Crippen molar-refractivity contribution in [3.63, 3.8) is 0 Å². The van der Waals surface area contributed by atoms with Gasteiger partial charge in [-0.05, 0) is 27.2 Å². The van der Waals surface area contributed by atoms with E-state index in [4.69, 9.17) is 0 Å². The van der Waals surface area contributed by atoms with Crippen LogP contribution in [-0.2, 0) is 0 Å². The second-order valence-corrected chi connectivity index (χ2v) is 10.2. The smallest absolute Gasteiger partial charge is 0.124 e. The Morgan fingerprint density at radius 3 is 2.65 bits per heavy atom. The lowest BCUT2D eigenvalue weighted by Gasteiger charge is -2.19. The van der Waals surface area contributed by atoms with Gasteiger partial charge in [0.25, 0.3) is 0 Å². The first-order chi connectivity index (χ1) is 9.60. The molecule has 0 bridgehead atoms. The molecule has 2 aromatic carbocycles. The molecule has 0 saturated carbocycles. The topological polar surface area (TPSA) is 33.1 Å². The van der Waals surface area contributed by atoms with E-state index in [0.717, 1.165) is 11.3 Å². The van der Waals surface area contributed by atoms with E-state index in [1.807, 2.05) is 18.3 Å². The zero-order chi connectivity index (χ0) is 13.9. The Labute approximate surface area is 118 Å². The summed E-state index contributed by atoms with van der Waals surface area (Å²) in [5.41, 5.74) is 1.93. The van der Waals surface area contributed by atoms with Crippen LogP contribution >= 0.6 is 0 Å². The molecule has 0 radical (unpaired) electrons. The largest absolute Gasteiger partial charge is 0.507 e. The van der Waals surface area contributed by atoms with Crippen molar-refractivity contribution >= 4 is 29.2 Å². The normalized spacial score (nSPS) is 15.1. The summed E-state index contributed by atoms with van der Waals surface area (Å²) in [7, 11) is -1.80. The molecule has 1 aliphatic rings. The molecule has 4 rings (SSSR count). The van der Waals surface area contributed by atoms with Gasteiger partial charge in [-0.15, -0.1) is 0 Å². The Kier molecular flexibility index (Phi) is 2.16. The molecular weight excluding hydrogens is 262 g/mol. The summed E-state index contributed by atoms with van der Waals surface area (Å²) in [4.78, 5) is 4.66. The molecule has 98 valence electrons. The van der Waals surface area contributed by atoms with Crippen LogP contribution in [0.1, 0.15) is 0 Å². The number of fused-ring (bicyclic) bond motifs is 5. The van der Waals surface area contributed by atoms with Gasteiger partial charge in [-0.2, -0.15) is 0 Å². The quantitative estimate of drug-likeness (QED) is 0.641. The zero-order valence-electron chi connectivity index (χ0n) is 11.5. The minimum atomic E-state index is -1.80. The van der Waals surface area contributed by atoms with Gasteiger partial charge >= 0.3 is 0 Å². The second kappa shape index (κ2) is 3.70. The maximum absolute atomic E-state index is 10.3. The number of phenolic OH excluding ortho intramolecular Hbond substituents is 1. The fraction of sp³-hybridized carbons (Fsp3) is 0.118. The fourth-order valence-corrected chi connectivity index (χ4v) is 6.77. The Hall–Kier alpha value is -2.13. The van der Waals surface area contributed by atoms with E-state index in [-0.39, 0.29) is 0 Å². The molecule has 1 aromatic heterocycles. The Morgan fingerprint density at radius 1 is 1.00 bits per heavy atom. The van der Waals surface area contributed by atoms with Crippen molar-refractivity contribution in [1.29, 1.82) is 0 Å². The predicted octanol–water partition coefficient (Wildman–Crippen LogP) is 2.74. The highest BCUT2D eigenvalue weighted by Crippen LogP contribution is 2.35. The number of hydrogen-bond acceptors (Lipinski definition) is 2. The number of hydrogen-bond donors (Lipinski definition) is 1. The zero-order valence-corrected chi connectivity index (χ0v) is 12.5. The van der Waals surface area contributed by atoms with E-state index in [1.54, 1.807) is 6.07 Å². The Balaban J connectivity index is 2.22. The van der Waals surface area contributed by atoms with Crippen molar-refractivity contribution in [3.8, 4) is 17.0 Å². The van der Waals surface area contributed by atoms with Crippen molar-refractivity contribution in [2.24, 2.45) is 0 Å². The summed E-state index contributed by atoms with van der Waals surface area (Å²) >= 11 is 0. The van der Waals surface area contributed by atoms with Crippen LogP contribution in [0.25, 0.3) is 22.0 Å². The van der Waals surface area contributed by atoms with Gasteiger partial charge in [0.2, 0.25) is 0 Å². The average molecular weight is 277 g/mol. The van der Waals surface area contributed by atoms with Gasteiger partial charge < -0.3 is 5.11 Å². The molecule has 3 heteroatoms. The highest BCUT2D eigenvalue weighted by atomic mass is 28.3. The monoisotopic (exact) mass is 277 g/mol. The third kappa shape index (κ3) is 1.30. The van der Waals surface area contributed by atoms with Gasteiger partial charge in [-0.25, -0.2) is 0 Å². The predicted molar refractivity (Wildman–Crippen MR) is 85.6 cm³/mol. The van der Waals surface area contributed by atoms with Gasteiger partial charge in [0, 0.05) is 11.8 Å². The minimum absolute atomic E-state index is 0.351. The summed E-state index contributed by atoms with van der Waals surface area (Å²) in [5.74, 6) is 0.351. The standard InChI is InChI=1S/C17H15NOSi/c1-20(2)14-9-5-8-13(19)15(14)16-17(20)12-7-4-3-6-11(12)10-18-16/h3-10,19H,1-2H3. The summed E-state index contributed by atoms with van der Waals surface area (Å²) in [5, 5.41) is 15.4. The van der Waals surface area contributed by atoms with Crippen molar-refractivity contribution in [1.82, 2.24) is 4.98 Å². The molecule has 3 aromatic rings. The van der Waals surface area contributed by atoms with Crippen LogP contribution in [-0.4, -0.2) is 18.2 Å². The number of pyridine rings is 1. The van der Waals surface area contributed by atoms with Gasteiger partial charge in [0.1, 0.15) is 13.8 Å². The van der Waals surface area contributed by atoms with Crippen LogP contribution in [0, 0.1) is 0 Å². The number of aromatic hydroxyl groups is 1. The maximum atomic E-state index is 10.3. The number of benzene rings is 2. The second-order valence-electron chi connectivity index (χ2n) is 5.89. The summed E-state index contributed by atoms with van der Waals surface area (Å²) < 4.78 is 0. The molecule has 0 aliphatic carbocycles. The fourth-order valence-electron chi connectivity index (χ4n) is 3.43. The SMILES string of the molecule is C[Si]1(C)c2cccc(O)c2-c2ncc3ccccc3c21. The Bertz CT molecular complexity index is 855. The number of nitrogens with zero attached hydrogens (tertiary/aromatic N) is 1. The molecule has 0 amide bonds. The van der Waals surface area contributed by atoms with E-state index in [9.17, 15) is 5.11 Å². The van der Waals surface area contributed by atoms with Gasteiger partial charge in [0.15, 0.2) is 0 Å². The molecule has 0 unspecified atom stereocenters. The average Bonchev–Trinajstić information content (AvgIpc) is 2.69. The van der Waals surface area contributed by atoms with E-state index < -0.39 is 8.07 Å². The molecular formula is C17H15NOSi. The first-order valence-corrected chi connectivity index (χ1v) is 9.82. The van der Waals surface area contributed by atoms with Gasteiger partial charge in [0.05, 0.1) is 5.69 Å². The van der Waals surface area contributed by atoms with Gasteiger partial charge in [-0.1, -0.05) is 49.5 Å². The molecule has 1 aliphatic heterocycles. The van der Waals surface area contributed by atoms with Crippen molar-refractivity contribution < 1.29 is 5.11 Å². The number of rotatable bonds is 0. The van der Waals surface area contributed by atoms with Gasteiger partial charge in [-0.3, -0.25) is 4.98 Å². The lowest BCUT2D eigenvalue weighted by Crippen LogP contribution is -2.49. The molecule has 2 heterocycles. The van der Waals surface area contributed by atoms with Crippen LogP contribution < -0.4 is 10.4 Å². The molecule has 0 atom stereocenters. The summed E-state index contributed by atoms with van der Waals surface area (Å²) in [6, 6.07) is 14.3. The lowest BCUT2D eigenvalue weighted by atomic mass is 10.1. The Morgan fingerprint density at radius 2 is 1.80 bits per heavy atom. The van der Waals surface area contributed by atoms with Crippen molar-refractivity contribution in [3.05, 3.63) is 48.7 Å². The van der Waals surface area contributed by atoms with E-state index in [2.05, 4.69) is 42.3 Å². The molecule has 20 heavy (non-hydrogen) atoms. The molecule has 0 fully saturated rings. The van der Waals surface area contributed by atoms with E-state index in [0.29, 0.717) is 5.75 Å². The highest BCUT2D eigenvalue weighted by Gasteiger charge is 2.41. The number of aromatic nitrogens is 1. The first kappa shape index (κ1) is 11.7. The van der Waals surface area contributed by atoms with Crippen LogP contribution in [0.3, 0.4) is 0 Å². The molecule has 0 spiro atoms. The van der Waals surface area contributed by atoms with E-state index in [1.165, 1.54) is 21.1 Å². The maximum Gasteiger partial charge on any atom is 0.124 e. The highest BCUT2D eigenvalue weighted by molar-refractivity contribution is 7.05. The number of phenols is 1. The lowest BCUT2D eigenvalue weighted by molar-refractivity contribution is 0.477. The molecule has 0 saturated heterocycles. The van der Waals surface area contributed by atoms with Crippen LogP contribution in [0.15, 0.2) is 48.7 Å². The minimum Gasteiger partial charge on any atom is -0.507 e. The van der Waals surface area contributed by atoms with Crippen molar-refractivity contribution in [2.45, 2.75) is 13.1 Å². The van der Waals surface area contributed by atoms with Crippen molar-refractivity contribution in [2.75, 3.05) is 0 Å². The molecule has 2 nitrogen and oxygen atoms in total. The summed E-state index contributed by atoms with van der Waals surface area (Å²) in [6.45, 7) is 4.68. The third-order valence-electron chi connectivity index (χ3n) is 4.38. The first-order valence-electron chi connectivity index (χ1n) is 6.82. The van der Waals surface area contributed by atoms with Crippen LogP contribution in [0.5, 0.6) is 5.75 Å². The van der Waals surface area contributed by atoms with E-state index >= 15 is 0 Å². The molecule has 1 N–H and O–H groups in total.